The first-order chi connectivity index (χ1) is 17.9. The molecule has 3 aromatic rings. The molecule has 1 unspecified atom stereocenters. The Labute approximate surface area is 216 Å². The summed E-state index contributed by atoms with van der Waals surface area (Å²) in [5.41, 5.74) is 2.90. The van der Waals surface area contributed by atoms with Crippen LogP contribution in [0.25, 0.3) is 0 Å². The summed E-state index contributed by atoms with van der Waals surface area (Å²) < 4.78 is 18.9. The van der Waals surface area contributed by atoms with E-state index in [2.05, 4.69) is 44.5 Å². The number of aromatic nitrogens is 4. The first-order valence-electron chi connectivity index (χ1n) is 12.9. The summed E-state index contributed by atoms with van der Waals surface area (Å²) in [7, 11) is 3.52. The standard InChI is InChI=1S/C27H33FN8O/c1-27(2)15-36(19-9-7-18(28)8-10-19)25-22(27)24(29-3)32-26(33-25)31-23-16-5-6-17(23)14-35(13-16)20-11-21(37-4)34-30-12-20/h7-12,16-17,23H,5-6,13-15H2,1-4H3,(H2,29,31,32,33)/t16-,17+,23?. The molecule has 1 aromatic carbocycles. The number of anilines is 5. The van der Waals surface area contributed by atoms with Gasteiger partial charge in [-0.25, -0.2) is 4.39 Å². The van der Waals surface area contributed by atoms with Gasteiger partial charge in [0.2, 0.25) is 11.8 Å². The van der Waals surface area contributed by atoms with Crippen molar-refractivity contribution in [2.75, 3.05) is 54.2 Å². The Hall–Kier alpha value is -3.69. The van der Waals surface area contributed by atoms with E-state index in [0.29, 0.717) is 29.7 Å². The molecule has 0 radical (unpaired) electrons. The molecule has 194 valence electrons. The number of methoxy groups -OCH3 is 1. The molecule has 4 heterocycles. The Morgan fingerprint density at radius 3 is 2.46 bits per heavy atom. The van der Waals surface area contributed by atoms with Crippen molar-refractivity contribution >= 4 is 29.0 Å². The van der Waals surface area contributed by atoms with Crippen molar-refractivity contribution in [2.24, 2.45) is 11.8 Å². The third-order valence-corrected chi connectivity index (χ3v) is 8.07. The molecule has 10 heteroatoms. The van der Waals surface area contributed by atoms with Gasteiger partial charge in [-0.3, -0.25) is 0 Å². The lowest BCUT2D eigenvalue weighted by atomic mass is 9.88. The Morgan fingerprint density at radius 2 is 1.78 bits per heavy atom. The van der Waals surface area contributed by atoms with Crippen LogP contribution in [0.15, 0.2) is 36.5 Å². The molecular formula is C27H33FN8O. The molecule has 2 aromatic heterocycles. The van der Waals surface area contributed by atoms with E-state index in [4.69, 9.17) is 14.7 Å². The van der Waals surface area contributed by atoms with E-state index in [0.717, 1.165) is 61.0 Å². The second kappa shape index (κ2) is 9.00. The van der Waals surface area contributed by atoms with Crippen molar-refractivity contribution in [1.29, 1.82) is 0 Å². The van der Waals surface area contributed by atoms with Gasteiger partial charge >= 0.3 is 0 Å². The summed E-state index contributed by atoms with van der Waals surface area (Å²) in [6, 6.07) is 8.87. The molecule has 3 aliphatic rings. The first kappa shape index (κ1) is 23.7. The van der Waals surface area contributed by atoms with Gasteiger partial charge in [0, 0.05) is 55.5 Å². The van der Waals surface area contributed by atoms with Crippen molar-refractivity contribution in [2.45, 2.75) is 38.1 Å². The number of hydrogen-bond donors (Lipinski definition) is 2. The maximum atomic E-state index is 13.6. The number of nitrogens with one attached hydrogen (secondary N) is 2. The molecule has 2 N–H and O–H groups in total. The molecule has 37 heavy (non-hydrogen) atoms. The third-order valence-electron chi connectivity index (χ3n) is 8.07. The highest BCUT2D eigenvalue weighted by molar-refractivity contribution is 5.75. The van der Waals surface area contributed by atoms with Gasteiger partial charge in [0.15, 0.2) is 0 Å². The van der Waals surface area contributed by atoms with E-state index in [1.807, 2.05) is 31.4 Å². The van der Waals surface area contributed by atoms with Gasteiger partial charge in [0.25, 0.3) is 0 Å². The number of rotatable bonds is 6. The van der Waals surface area contributed by atoms with E-state index >= 15 is 0 Å². The number of benzene rings is 1. The Balaban J connectivity index is 1.28. The first-order valence-corrected chi connectivity index (χ1v) is 12.9. The van der Waals surface area contributed by atoms with E-state index < -0.39 is 0 Å². The van der Waals surface area contributed by atoms with Crippen molar-refractivity contribution in [3.05, 3.63) is 47.9 Å². The van der Waals surface area contributed by atoms with Crippen molar-refractivity contribution in [3.8, 4) is 5.88 Å². The molecular weight excluding hydrogens is 471 g/mol. The number of halogens is 1. The van der Waals surface area contributed by atoms with Crippen LogP contribution in [0.1, 0.15) is 32.3 Å². The molecule has 0 amide bonds. The third kappa shape index (κ3) is 4.18. The Kier molecular flexibility index (Phi) is 5.77. The van der Waals surface area contributed by atoms with Crippen LogP contribution >= 0.6 is 0 Å². The zero-order valence-corrected chi connectivity index (χ0v) is 21.7. The van der Waals surface area contributed by atoms with E-state index in [-0.39, 0.29) is 11.2 Å². The second-order valence-corrected chi connectivity index (χ2v) is 10.9. The largest absolute Gasteiger partial charge is 0.480 e. The maximum Gasteiger partial charge on any atom is 0.235 e. The van der Waals surface area contributed by atoms with Crippen LogP contribution in [-0.4, -0.2) is 60.0 Å². The fraction of sp³-hybridized carbons (Fsp3) is 0.481. The van der Waals surface area contributed by atoms with Gasteiger partial charge in [-0.05, 0) is 48.9 Å². The number of fused-ring (bicyclic) bond motifs is 3. The highest BCUT2D eigenvalue weighted by atomic mass is 19.1. The summed E-state index contributed by atoms with van der Waals surface area (Å²) in [5.74, 6) is 3.57. The Bertz CT molecular complexity index is 1290. The lowest BCUT2D eigenvalue weighted by Gasteiger charge is -2.39. The zero-order chi connectivity index (χ0) is 25.7. The van der Waals surface area contributed by atoms with Crippen LogP contribution in [0.5, 0.6) is 5.88 Å². The van der Waals surface area contributed by atoms with Crippen molar-refractivity contribution in [3.63, 3.8) is 0 Å². The predicted octanol–water partition coefficient (Wildman–Crippen LogP) is 4.21. The van der Waals surface area contributed by atoms with Crippen LogP contribution in [0, 0.1) is 17.7 Å². The summed E-state index contributed by atoms with van der Waals surface area (Å²) in [6.45, 7) is 7.01. The average molecular weight is 505 g/mol. The van der Waals surface area contributed by atoms with Crippen LogP contribution in [-0.2, 0) is 5.41 Å². The highest BCUT2D eigenvalue weighted by Crippen LogP contribution is 2.47. The maximum absolute atomic E-state index is 13.6. The van der Waals surface area contributed by atoms with E-state index in [9.17, 15) is 4.39 Å². The van der Waals surface area contributed by atoms with E-state index in [1.54, 1.807) is 7.11 Å². The second-order valence-electron chi connectivity index (χ2n) is 10.9. The molecule has 1 saturated carbocycles. The summed E-state index contributed by atoms with van der Waals surface area (Å²) >= 11 is 0. The van der Waals surface area contributed by atoms with Gasteiger partial charge in [0.1, 0.15) is 17.5 Å². The van der Waals surface area contributed by atoms with E-state index in [1.165, 1.54) is 12.1 Å². The lowest BCUT2D eigenvalue weighted by molar-refractivity contribution is 0.373. The van der Waals surface area contributed by atoms with Crippen LogP contribution in [0.3, 0.4) is 0 Å². The van der Waals surface area contributed by atoms with Crippen LogP contribution in [0.2, 0.25) is 0 Å². The summed E-state index contributed by atoms with van der Waals surface area (Å²) in [6.07, 6.45) is 4.13. The molecule has 3 atom stereocenters. The molecule has 9 nitrogen and oxygen atoms in total. The molecule has 2 aliphatic heterocycles. The fourth-order valence-corrected chi connectivity index (χ4v) is 6.33. The molecule has 2 fully saturated rings. The van der Waals surface area contributed by atoms with Gasteiger partial charge in [0.05, 0.1) is 19.0 Å². The number of piperidine rings is 1. The molecule has 2 bridgehead atoms. The minimum Gasteiger partial charge on any atom is -0.480 e. The SMILES string of the molecule is CNc1nc(NC2[C@@H]3CC[C@H]2CN(c2cnnc(OC)c2)C3)nc2c1C(C)(C)CN2c1ccc(F)cc1. The average Bonchev–Trinajstić information content (AvgIpc) is 3.29. The summed E-state index contributed by atoms with van der Waals surface area (Å²) in [4.78, 5) is 14.5. The fourth-order valence-electron chi connectivity index (χ4n) is 6.33. The topological polar surface area (TPSA) is 91.3 Å². The normalized spacial score (nSPS) is 23.6. The van der Waals surface area contributed by atoms with Gasteiger partial charge in [-0.1, -0.05) is 13.8 Å². The minimum atomic E-state index is -0.244. The van der Waals surface area contributed by atoms with Crippen LogP contribution < -0.4 is 25.2 Å². The van der Waals surface area contributed by atoms with Crippen molar-refractivity contribution < 1.29 is 9.13 Å². The van der Waals surface area contributed by atoms with Crippen LogP contribution in [0.4, 0.5) is 33.3 Å². The number of ether oxygens (including phenoxy) is 1. The van der Waals surface area contributed by atoms with Gasteiger partial charge in [-0.2, -0.15) is 15.1 Å². The number of hydrogen-bond acceptors (Lipinski definition) is 9. The lowest BCUT2D eigenvalue weighted by Crippen LogP contribution is -2.48. The molecule has 1 saturated heterocycles. The summed E-state index contributed by atoms with van der Waals surface area (Å²) in [5, 5.41) is 15.1. The van der Waals surface area contributed by atoms with Gasteiger partial charge in [-0.15, -0.1) is 5.10 Å². The monoisotopic (exact) mass is 504 g/mol. The predicted molar refractivity (Wildman–Crippen MR) is 142 cm³/mol. The highest BCUT2D eigenvalue weighted by Gasteiger charge is 2.44. The molecule has 1 aliphatic carbocycles. The van der Waals surface area contributed by atoms with Gasteiger partial charge < -0.3 is 25.2 Å². The minimum absolute atomic E-state index is 0.162. The quantitative estimate of drug-likeness (QED) is 0.512. The molecule has 0 spiro atoms. The Morgan fingerprint density at radius 1 is 1.05 bits per heavy atom. The smallest absolute Gasteiger partial charge is 0.235 e. The number of nitrogens with zero attached hydrogens (tertiary/aromatic N) is 6. The zero-order valence-electron chi connectivity index (χ0n) is 21.7. The molecule has 6 rings (SSSR count). The van der Waals surface area contributed by atoms with Crippen molar-refractivity contribution in [1.82, 2.24) is 20.2 Å².